The Morgan fingerprint density at radius 1 is 1.12 bits per heavy atom. The zero-order valence-corrected chi connectivity index (χ0v) is 9.13. The van der Waals surface area contributed by atoms with Gasteiger partial charge in [-0.1, -0.05) is 23.3 Å². The van der Waals surface area contributed by atoms with Crippen LogP contribution in [0.4, 0.5) is 0 Å². The molecule has 0 aliphatic carbocycles. The van der Waals surface area contributed by atoms with Crippen molar-refractivity contribution in [2.45, 2.75) is 6.42 Å². The molecule has 1 aromatic carbocycles. The maximum atomic E-state index is 11.2. The second kappa shape index (κ2) is 4.65. The predicted molar refractivity (Wildman–Crippen MR) is 62.0 cm³/mol. The average Bonchev–Trinajstić information content (AvgIpc) is 2.64. The van der Waals surface area contributed by atoms with E-state index in [0.29, 0.717) is 5.75 Å². The zero-order chi connectivity index (χ0) is 12.3. The van der Waals surface area contributed by atoms with Crippen molar-refractivity contribution in [2.24, 2.45) is 0 Å². The van der Waals surface area contributed by atoms with Crippen LogP contribution < -0.4 is 4.84 Å². The Bertz CT molecular complexity index is 470. The van der Waals surface area contributed by atoms with Crippen LogP contribution >= 0.6 is 0 Å². The summed E-state index contributed by atoms with van der Waals surface area (Å²) >= 11 is 0. The van der Waals surface area contributed by atoms with Crippen molar-refractivity contribution in [1.29, 1.82) is 0 Å². The first-order chi connectivity index (χ1) is 8.20. The minimum absolute atomic E-state index is 0.447. The van der Waals surface area contributed by atoms with Crippen LogP contribution in [-0.4, -0.2) is 16.9 Å². The fourth-order valence-corrected chi connectivity index (χ4v) is 1.44. The first kappa shape index (κ1) is 11.1. The Hall–Kier alpha value is -2.36. The highest BCUT2D eigenvalue weighted by Crippen LogP contribution is 2.16. The summed E-state index contributed by atoms with van der Waals surface area (Å²) in [6, 6.07) is 7.13. The minimum Gasteiger partial charge on any atom is -0.369 e. The van der Waals surface area contributed by atoms with E-state index >= 15 is 0 Å². The van der Waals surface area contributed by atoms with E-state index in [9.17, 15) is 9.59 Å². The average molecular weight is 229 g/mol. The molecule has 1 aromatic rings. The molecule has 0 radical (unpaired) electrons. The van der Waals surface area contributed by atoms with Crippen LogP contribution in [0.1, 0.15) is 5.56 Å². The molecular weight excluding hydrogens is 218 g/mol. The molecule has 0 atom stereocenters. The van der Waals surface area contributed by atoms with Gasteiger partial charge in [0, 0.05) is 12.2 Å². The number of carbonyl (C=O) groups is 2. The second-order valence-corrected chi connectivity index (χ2v) is 3.53. The van der Waals surface area contributed by atoms with Gasteiger partial charge < -0.3 is 4.84 Å². The van der Waals surface area contributed by atoms with Gasteiger partial charge in [0.15, 0.2) is 5.75 Å². The van der Waals surface area contributed by atoms with Crippen molar-refractivity contribution in [3.8, 4) is 5.75 Å². The number of hydrogen-bond donors (Lipinski definition) is 0. The van der Waals surface area contributed by atoms with Crippen LogP contribution in [0.15, 0.2) is 49.1 Å². The van der Waals surface area contributed by atoms with Gasteiger partial charge in [0.05, 0.1) is 0 Å². The molecule has 2 rings (SSSR count). The van der Waals surface area contributed by atoms with Crippen molar-refractivity contribution < 1.29 is 14.4 Å². The molecule has 0 saturated heterocycles. The third kappa shape index (κ3) is 2.42. The van der Waals surface area contributed by atoms with Gasteiger partial charge in [-0.2, -0.15) is 0 Å². The Morgan fingerprint density at radius 2 is 1.71 bits per heavy atom. The fourth-order valence-electron chi connectivity index (χ4n) is 1.44. The highest BCUT2D eigenvalue weighted by molar-refractivity contribution is 6.11. The van der Waals surface area contributed by atoms with Crippen LogP contribution in [0, 0.1) is 0 Å². The second-order valence-electron chi connectivity index (χ2n) is 3.53. The van der Waals surface area contributed by atoms with Crippen LogP contribution in [0.25, 0.3) is 0 Å². The number of hydrogen-bond acceptors (Lipinski definition) is 3. The van der Waals surface area contributed by atoms with E-state index in [1.807, 2.05) is 12.1 Å². The van der Waals surface area contributed by atoms with E-state index in [0.717, 1.165) is 17.0 Å². The van der Waals surface area contributed by atoms with Crippen molar-refractivity contribution in [1.82, 2.24) is 5.06 Å². The van der Waals surface area contributed by atoms with Gasteiger partial charge >= 0.3 is 0 Å². The van der Waals surface area contributed by atoms with Gasteiger partial charge in [-0.05, 0) is 24.1 Å². The molecule has 0 unspecified atom stereocenters. The highest BCUT2D eigenvalue weighted by Gasteiger charge is 2.25. The Kier molecular flexibility index (Phi) is 3.05. The number of allylic oxidation sites excluding steroid dienone is 1. The van der Waals surface area contributed by atoms with E-state index in [-0.39, 0.29) is 0 Å². The number of carbonyl (C=O) groups excluding carboxylic acids is 2. The summed E-state index contributed by atoms with van der Waals surface area (Å²) in [5, 5.41) is 0.725. The number of amides is 2. The quantitative estimate of drug-likeness (QED) is 0.582. The minimum atomic E-state index is -0.467. The molecule has 17 heavy (non-hydrogen) atoms. The molecule has 0 fully saturated rings. The maximum Gasteiger partial charge on any atom is 0.287 e. The zero-order valence-electron chi connectivity index (χ0n) is 9.13. The third-order valence-corrected chi connectivity index (χ3v) is 2.27. The van der Waals surface area contributed by atoms with Gasteiger partial charge in [-0.3, -0.25) is 9.59 Å². The largest absolute Gasteiger partial charge is 0.369 e. The highest BCUT2D eigenvalue weighted by atomic mass is 16.7. The lowest BCUT2D eigenvalue weighted by molar-refractivity contribution is -0.162. The van der Waals surface area contributed by atoms with Crippen LogP contribution in [-0.2, 0) is 16.0 Å². The van der Waals surface area contributed by atoms with Gasteiger partial charge in [0.25, 0.3) is 11.8 Å². The summed E-state index contributed by atoms with van der Waals surface area (Å²) in [6.07, 6.45) is 4.92. The summed E-state index contributed by atoms with van der Waals surface area (Å²) in [6.45, 7) is 3.64. The summed E-state index contributed by atoms with van der Waals surface area (Å²) in [5.41, 5.74) is 1.09. The number of benzene rings is 1. The monoisotopic (exact) mass is 229 g/mol. The van der Waals surface area contributed by atoms with Gasteiger partial charge in [0.1, 0.15) is 0 Å². The summed E-state index contributed by atoms with van der Waals surface area (Å²) < 4.78 is 0. The predicted octanol–water partition coefficient (Wildman–Crippen LogP) is 1.63. The third-order valence-electron chi connectivity index (χ3n) is 2.27. The molecule has 1 aliphatic heterocycles. The maximum absolute atomic E-state index is 11.2. The molecule has 0 spiro atoms. The SMILES string of the molecule is C=CCc1ccc(ON2C(=O)C=CC2=O)cc1. The van der Waals surface area contributed by atoms with E-state index in [4.69, 9.17) is 4.84 Å². The lowest BCUT2D eigenvalue weighted by atomic mass is 10.1. The summed E-state index contributed by atoms with van der Waals surface area (Å²) in [4.78, 5) is 27.7. The van der Waals surface area contributed by atoms with E-state index in [1.54, 1.807) is 18.2 Å². The fraction of sp³-hybridized carbons (Fsp3) is 0.0769. The van der Waals surface area contributed by atoms with Crippen LogP contribution in [0.2, 0.25) is 0 Å². The van der Waals surface area contributed by atoms with Gasteiger partial charge in [-0.15, -0.1) is 6.58 Å². The molecule has 1 heterocycles. The van der Waals surface area contributed by atoms with Gasteiger partial charge in [0.2, 0.25) is 0 Å². The number of rotatable bonds is 4. The van der Waals surface area contributed by atoms with Crippen LogP contribution in [0.5, 0.6) is 5.75 Å². The summed E-state index contributed by atoms with van der Waals surface area (Å²) in [7, 11) is 0. The van der Waals surface area contributed by atoms with E-state index < -0.39 is 11.8 Å². The first-order valence-electron chi connectivity index (χ1n) is 5.14. The number of nitrogens with zero attached hydrogens (tertiary/aromatic N) is 1. The summed E-state index contributed by atoms with van der Waals surface area (Å²) in [5.74, 6) is -0.487. The van der Waals surface area contributed by atoms with Crippen LogP contribution in [0.3, 0.4) is 0 Å². The normalized spacial score (nSPS) is 14.2. The van der Waals surface area contributed by atoms with Crippen molar-refractivity contribution >= 4 is 11.8 Å². The number of imide groups is 1. The molecule has 0 aromatic heterocycles. The van der Waals surface area contributed by atoms with Crippen molar-refractivity contribution in [3.63, 3.8) is 0 Å². The molecule has 4 heteroatoms. The topological polar surface area (TPSA) is 46.6 Å². The number of hydroxylamine groups is 2. The van der Waals surface area contributed by atoms with E-state index in [2.05, 4.69) is 6.58 Å². The first-order valence-corrected chi connectivity index (χ1v) is 5.14. The molecule has 0 saturated carbocycles. The lowest BCUT2D eigenvalue weighted by Gasteiger charge is -2.14. The smallest absolute Gasteiger partial charge is 0.287 e. The van der Waals surface area contributed by atoms with Crippen molar-refractivity contribution in [3.05, 3.63) is 54.6 Å². The molecular formula is C13H11NO3. The molecule has 0 N–H and O–H groups in total. The standard InChI is InChI=1S/C13H11NO3/c1-2-3-10-4-6-11(7-5-10)17-14-12(15)8-9-13(14)16/h2,4-9H,1,3H2. The molecule has 1 aliphatic rings. The molecule has 4 nitrogen and oxygen atoms in total. The lowest BCUT2D eigenvalue weighted by Crippen LogP contribution is -2.33. The van der Waals surface area contributed by atoms with E-state index in [1.165, 1.54) is 12.2 Å². The Morgan fingerprint density at radius 3 is 2.24 bits per heavy atom. The molecule has 0 bridgehead atoms. The molecule has 86 valence electrons. The Labute approximate surface area is 98.8 Å². The Balaban J connectivity index is 2.06. The van der Waals surface area contributed by atoms with Crippen molar-refractivity contribution in [2.75, 3.05) is 0 Å². The van der Waals surface area contributed by atoms with Gasteiger partial charge in [-0.25, -0.2) is 0 Å². The molecule has 2 amide bonds.